The number of benzene rings is 3. The van der Waals surface area contributed by atoms with Gasteiger partial charge in [-0.1, -0.05) is 48.5 Å². The average molecular weight is 470 g/mol. The van der Waals surface area contributed by atoms with Crippen LogP contribution in [0.25, 0.3) is 11.0 Å². The van der Waals surface area contributed by atoms with Gasteiger partial charge < -0.3 is 24.3 Å². The first-order chi connectivity index (χ1) is 17.1. The summed E-state index contributed by atoms with van der Waals surface area (Å²) in [5.41, 5.74) is 2.07. The maximum atomic E-state index is 13.5. The van der Waals surface area contributed by atoms with Crippen molar-refractivity contribution < 1.29 is 18.7 Å². The monoisotopic (exact) mass is 469 g/mol. The summed E-state index contributed by atoms with van der Waals surface area (Å²) in [4.78, 5) is 30.5. The number of hydrogen-bond donors (Lipinski definition) is 1. The molecule has 5 rings (SSSR count). The van der Waals surface area contributed by atoms with Gasteiger partial charge in [-0.05, 0) is 43.3 Å². The molecule has 35 heavy (non-hydrogen) atoms. The van der Waals surface area contributed by atoms with Gasteiger partial charge in [-0.15, -0.1) is 0 Å². The summed E-state index contributed by atoms with van der Waals surface area (Å²) in [7, 11) is 0. The van der Waals surface area contributed by atoms with Crippen LogP contribution in [0.2, 0.25) is 0 Å². The summed E-state index contributed by atoms with van der Waals surface area (Å²) in [6.07, 6.45) is -0.761. The van der Waals surface area contributed by atoms with E-state index < -0.39 is 6.10 Å². The number of para-hydroxylation sites is 3. The predicted octanol–water partition coefficient (Wildman–Crippen LogP) is 4.80. The fourth-order valence-electron chi connectivity index (χ4n) is 4.25. The number of fused-ring (bicyclic) bond motifs is 1. The lowest BCUT2D eigenvalue weighted by atomic mass is 10.2. The number of furan rings is 1. The number of carbonyl (C=O) groups is 2. The van der Waals surface area contributed by atoms with Crippen LogP contribution in [0, 0.1) is 0 Å². The Balaban J connectivity index is 1.34. The molecule has 1 aliphatic heterocycles. The Labute approximate surface area is 203 Å². The van der Waals surface area contributed by atoms with Crippen LogP contribution in [0.3, 0.4) is 0 Å². The van der Waals surface area contributed by atoms with E-state index >= 15 is 0 Å². The first-order valence-electron chi connectivity index (χ1n) is 11.7. The highest BCUT2D eigenvalue weighted by Crippen LogP contribution is 2.32. The molecule has 0 saturated carbocycles. The summed E-state index contributed by atoms with van der Waals surface area (Å²) >= 11 is 0. The summed E-state index contributed by atoms with van der Waals surface area (Å²) in [6, 6.07) is 26.6. The molecule has 1 atom stereocenters. The number of piperazine rings is 1. The second-order valence-corrected chi connectivity index (χ2v) is 8.48. The van der Waals surface area contributed by atoms with Gasteiger partial charge in [0.1, 0.15) is 17.0 Å². The molecule has 0 spiro atoms. The molecule has 7 nitrogen and oxygen atoms in total. The summed E-state index contributed by atoms with van der Waals surface area (Å²) in [5.74, 6) is 0.142. The van der Waals surface area contributed by atoms with E-state index in [0.717, 1.165) is 18.8 Å². The van der Waals surface area contributed by atoms with Gasteiger partial charge in [0.15, 0.2) is 6.10 Å². The van der Waals surface area contributed by atoms with Gasteiger partial charge in [0.25, 0.3) is 11.8 Å². The Bertz CT molecular complexity index is 1310. The SMILES string of the molecule is CC(Oc1ccccc1)C(=O)Nc1c(C(=O)N2CCN(c3ccccc3)CC2)oc2ccccc12. The van der Waals surface area contributed by atoms with Crippen molar-refractivity contribution in [3.05, 3.63) is 90.7 Å². The van der Waals surface area contributed by atoms with Crippen molar-refractivity contribution in [2.24, 2.45) is 0 Å². The van der Waals surface area contributed by atoms with Crippen LogP contribution < -0.4 is 15.0 Å². The number of anilines is 2. The van der Waals surface area contributed by atoms with Gasteiger partial charge in [0.05, 0.1) is 0 Å². The van der Waals surface area contributed by atoms with Crippen LogP contribution in [0.5, 0.6) is 5.75 Å². The van der Waals surface area contributed by atoms with E-state index in [0.29, 0.717) is 35.5 Å². The van der Waals surface area contributed by atoms with Crippen LogP contribution in [-0.4, -0.2) is 49.0 Å². The number of carbonyl (C=O) groups excluding carboxylic acids is 2. The number of nitrogens with one attached hydrogen (secondary N) is 1. The molecule has 1 fully saturated rings. The first kappa shape index (κ1) is 22.5. The molecule has 0 bridgehead atoms. The minimum atomic E-state index is -0.761. The number of ether oxygens (including phenoxy) is 1. The molecule has 0 aliphatic carbocycles. The van der Waals surface area contributed by atoms with Crippen LogP contribution >= 0.6 is 0 Å². The summed E-state index contributed by atoms with van der Waals surface area (Å²) < 4.78 is 11.7. The Hall–Kier alpha value is -4.26. The van der Waals surface area contributed by atoms with E-state index in [1.165, 1.54) is 0 Å². The van der Waals surface area contributed by atoms with Gasteiger partial charge in [0, 0.05) is 37.3 Å². The van der Waals surface area contributed by atoms with E-state index in [1.54, 1.807) is 30.0 Å². The Morgan fingerprint density at radius 1 is 0.857 bits per heavy atom. The topological polar surface area (TPSA) is 75.0 Å². The highest BCUT2D eigenvalue weighted by atomic mass is 16.5. The Kier molecular flexibility index (Phi) is 6.39. The van der Waals surface area contributed by atoms with Crippen molar-refractivity contribution in [1.82, 2.24) is 4.90 Å². The maximum absolute atomic E-state index is 13.5. The zero-order valence-electron chi connectivity index (χ0n) is 19.5. The van der Waals surface area contributed by atoms with E-state index in [9.17, 15) is 9.59 Å². The largest absolute Gasteiger partial charge is 0.481 e. The zero-order valence-corrected chi connectivity index (χ0v) is 19.5. The number of nitrogens with zero attached hydrogens (tertiary/aromatic N) is 2. The van der Waals surface area contributed by atoms with Crippen molar-refractivity contribution >= 4 is 34.2 Å². The molecule has 2 amide bonds. The highest BCUT2D eigenvalue weighted by Gasteiger charge is 2.30. The Morgan fingerprint density at radius 3 is 2.20 bits per heavy atom. The minimum absolute atomic E-state index is 0.139. The Morgan fingerprint density at radius 2 is 1.49 bits per heavy atom. The molecule has 1 unspecified atom stereocenters. The molecule has 1 saturated heterocycles. The van der Waals surface area contributed by atoms with Gasteiger partial charge >= 0.3 is 0 Å². The van der Waals surface area contributed by atoms with Crippen molar-refractivity contribution in [2.45, 2.75) is 13.0 Å². The average Bonchev–Trinajstić information content (AvgIpc) is 3.27. The lowest BCUT2D eigenvalue weighted by Crippen LogP contribution is -2.48. The zero-order chi connectivity index (χ0) is 24.2. The highest BCUT2D eigenvalue weighted by molar-refractivity contribution is 6.11. The third-order valence-electron chi connectivity index (χ3n) is 6.15. The van der Waals surface area contributed by atoms with E-state index in [2.05, 4.69) is 22.3 Å². The van der Waals surface area contributed by atoms with Crippen LogP contribution in [-0.2, 0) is 4.79 Å². The summed E-state index contributed by atoms with van der Waals surface area (Å²) in [5, 5.41) is 3.57. The van der Waals surface area contributed by atoms with Gasteiger partial charge in [-0.25, -0.2) is 0 Å². The lowest BCUT2D eigenvalue weighted by molar-refractivity contribution is -0.122. The van der Waals surface area contributed by atoms with Crippen LogP contribution in [0.1, 0.15) is 17.5 Å². The molecule has 0 radical (unpaired) electrons. The smallest absolute Gasteiger partial charge is 0.291 e. The minimum Gasteiger partial charge on any atom is -0.481 e. The molecule has 178 valence electrons. The molecule has 1 N–H and O–H groups in total. The van der Waals surface area contributed by atoms with Crippen molar-refractivity contribution in [2.75, 3.05) is 36.4 Å². The van der Waals surface area contributed by atoms with Crippen molar-refractivity contribution in [3.63, 3.8) is 0 Å². The molecule has 7 heteroatoms. The molecule has 2 heterocycles. The molecule has 1 aliphatic rings. The summed E-state index contributed by atoms with van der Waals surface area (Å²) in [6.45, 7) is 4.24. The van der Waals surface area contributed by atoms with Gasteiger partial charge in [-0.2, -0.15) is 0 Å². The number of amides is 2. The quantitative estimate of drug-likeness (QED) is 0.439. The fraction of sp³-hybridized carbons (Fsp3) is 0.214. The third-order valence-corrected chi connectivity index (χ3v) is 6.15. The molecular formula is C28H27N3O4. The van der Waals surface area contributed by atoms with Gasteiger partial charge in [-0.3, -0.25) is 9.59 Å². The second kappa shape index (κ2) is 9.93. The van der Waals surface area contributed by atoms with E-state index in [4.69, 9.17) is 9.15 Å². The van der Waals surface area contributed by atoms with Crippen molar-refractivity contribution in [1.29, 1.82) is 0 Å². The normalized spacial score (nSPS) is 14.5. The molecule has 1 aromatic heterocycles. The van der Waals surface area contributed by atoms with Crippen LogP contribution in [0.15, 0.2) is 89.3 Å². The molecule has 3 aromatic carbocycles. The molecular weight excluding hydrogens is 442 g/mol. The lowest BCUT2D eigenvalue weighted by Gasteiger charge is -2.35. The van der Waals surface area contributed by atoms with Crippen LogP contribution in [0.4, 0.5) is 11.4 Å². The first-order valence-corrected chi connectivity index (χ1v) is 11.7. The van der Waals surface area contributed by atoms with E-state index in [-0.39, 0.29) is 17.6 Å². The standard InChI is InChI=1S/C28H27N3O4/c1-20(34-22-12-6-3-7-13-22)27(32)29-25-23-14-8-9-15-24(23)35-26(25)28(33)31-18-16-30(17-19-31)21-10-4-2-5-11-21/h2-15,20H,16-19H2,1H3,(H,29,32). The predicted molar refractivity (Wildman–Crippen MR) is 136 cm³/mol. The third kappa shape index (κ3) is 4.84. The molecule has 4 aromatic rings. The maximum Gasteiger partial charge on any atom is 0.291 e. The van der Waals surface area contributed by atoms with E-state index in [1.807, 2.05) is 54.6 Å². The number of rotatable bonds is 6. The second-order valence-electron chi connectivity index (χ2n) is 8.48. The fourth-order valence-corrected chi connectivity index (χ4v) is 4.25. The van der Waals surface area contributed by atoms with Gasteiger partial charge in [0.2, 0.25) is 5.76 Å². The van der Waals surface area contributed by atoms with Crippen molar-refractivity contribution in [3.8, 4) is 5.75 Å². The number of hydrogen-bond acceptors (Lipinski definition) is 5.